The average molecular weight is 361 g/mol. The van der Waals surface area contributed by atoms with Crippen molar-refractivity contribution in [1.82, 2.24) is 15.3 Å². The van der Waals surface area contributed by atoms with Crippen molar-refractivity contribution in [2.24, 2.45) is 0 Å². The first kappa shape index (κ1) is 17.8. The van der Waals surface area contributed by atoms with Crippen LogP contribution >= 0.6 is 0 Å². The van der Waals surface area contributed by atoms with E-state index in [1.54, 1.807) is 0 Å². The van der Waals surface area contributed by atoms with Gasteiger partial charge in [-0.05, 0) is 80.0 Å². The molecule has 0 bridgehead atoms. The third kappa shape index (κ3) is 3.75. The summed E-state index contributed by atoms with van der Waals surface area (Å²) in [7, 11) is 0. The van der Waals surface area contributed by atoms with Gasteiger partial charge in [-0.15, -0.1) is 0 Å². The maximum absolute atomic E-state index is 12.4. The minimum Gasteiger partial charge on any atom is -0.350 e. The number of fused-ring (bicyclic) bond motifs is 2. The van der Waals surface area contributed by atoms with Gasteiger partial charge in [-0.25, -0.2) is 4.98 Å². The van der Waals surface area contributed by atoms with Gasteiger partial charge in [0.25, 0.3) is 0 Å². The van der Waals surface area contributed by atoms with E-state index in [1.165, 1.54) is 40.7 Å². The van der Waals surface area contributed by atoms with E-state index in [0.29, 0.717) is 12.8 Å². The summed E-state index contributed by atoms with van der Waals surface area (Å²) in [5, 5.41) is 3.13. The number of hydrogen-bond donors (Lipinski definition) is 2. The van der Waals surface area contributed by atoms with Crippen LogP contribution in [0.4, 0.5) is 0 Å². The first-order chi connectivity index (χ1) is 13.0. The molecular formula is C23H27N3O. The Morgan fingerprint density at radius 2 is 1.93 bits per heavy atom. The second kappa shape index (κ2) is 7.18. The lowest BCUT2D eigenvalue weighted by atomic mass is 10.0. The molecule has 0 fully saturated rings. The Labute approximate surface area is 160 Å². The molecule has 1 aliphatic carbocycles. The summed E-state index contributed by atoms with van der Waals surface area (Å²) >= 11 is 0. The van der Waals surface area contributed by atoms with E-state index >= 15 is 0 Å². The molecule has 0 aliphatic heterocycles. The van der Waals surface area contributed by atoms with Crippen LogP contribution in [0.5, 0.6) is 0 Å². The van der Waals surface area contributed by atoms with Crippen LogP contribution < -0.4 is 5.32 Å². The number of aryl methyl sites for hydroxylation is 5. The van der Waals surface area contributed by atoms with E-state index in [2.05, 4.69) is 66.4 Å². The van der Waals surface area contributed by atoms with Crippen molar-refractivity contribution in [1.29, 1.82) is 0 Å². The van der Waals surface area contributed by atoms with Gasteiger partial charge in [0.1, 0.15) is 5.82 Å². The van der Waals surface area contributed by atoms with Crippen LogP contribution in [0.3, 0.4) is 0 Å². The van der Waals surface area contributed by atoms with E-state index in [4.69, 9.17) is 0 Å². The number of nitrogens with one attached hydrogen (secondary N) is 2. The number of H-pyrrole nitrogens is 1. The van der Waals surface area contributed by atoms with Crippen molar-refractivity contribution in [3.63, 3.8) is 0 Å². The van der Waals surface area contributed by atoms with E-state index in [9.17, 15) is 4.79 Å². The largest absolute Gasteiger partial charge is 0.350 e. The Balaban J connectivity index is 1.36. The Morgan fingerprint density at radius 3 is 2.78 bits per heavy atom. The molecule has 0 spiro atoms. The van der Waals surface area contributed by atoms with Gasteiger partial charge in [-0.1, -0.05) is 18.2 Å². The normalized spacial score (nSPS) is 14.3. The zero-order valence-corrected chi connectivity index (χ0v) is 16.4. The summed E-state index contributed by atoms with van der Waals surface area (Å²) in [6.45, 7) is 6.25. The van der Waals surface area contributed by atoms with E-state index in [0.717, 1.165) is 23.3 Å². The van der Waals surface area contributed by atoms with Crippen molar-refractivity contribution >= 4 is 16.9 Å². The molecule has 27 heavy (non-hydrogen) atoms. The highest BCUT2D eigenvalue weighted by Gasteiger charge is 2.15. The molecule has 1 amide bonds. The highest BCUT2D eigenvalue weighted by atomic mass is 16.1. The van der Waals surface area contributed by atoms with Crippen LogP contribution in [0.2, 0.25) is 0 Å². The molecule has 4 heteroatoms. The number of nitrogens with zero attached hydrogens (tertiary/aromatic N) is 1. The molecule has 1 aliphatic rings. The summed E-state index contributed by atoms with van der Waals surface area (Å²) in [5.74, 6) is 0.936. The summed E-state index contributed by atoms with van der Waals surface area (Å²) < 4.78 is 0. The molecule has 1 atom stereocenters. The fourth-order valence-corrected chi connectivity index (χ4v) is 3.93. The van der Waals surface area contributed by atoms with Crippen LogP contribution in [0, 0.1) is 13.8 Å². The Bertz CT molecular complexity index is 963. The minimum absolute atomic E-state index is 0.0318. The predicted molar refractivity (Wildman–Crippen MR) is 109 cm³/mol. The predicted octanol–water partition coefficient (Wildman–Crippen LogP) is 4.48. The van der Waals surface area contributed by atoms with Gasteiger partial charge in [-0.3, -0.25) is 4.79 Å². The molecule has 0 saturated carbocycles. The summed E-state index contributed by atoms with van der Waals surface area (Å²) in [5.41, 5.74) is 8.60. The van der Waals surface area contributed by atoms with Crippen LogP contribution in [0.15, 0.2) is 30.3 Å². The van der Waals surface area contributed by atoms with Crippen LogP contribution in [0.1, 0.15) is 59.4 Å². The highest BCUT2D eigenvalue weighted by Crippen LogP contribution is 2.25. The van der Waals surface area contributed by atoms with Crippen LogP contribution in [-0.2, 0) is 24.1 Å². The maximum Gasteiger partial charge on any atom is 0.220 e. The van der Waals surface area contributed by atoms with Crippen LogP contribution in [0.25, 0.3) is 11.0 Å². The first-order valence-electron chi connectivity index (χ1n) is 9.86. The number of carbonyl (C=O) groups is 1. The standard InChI is InChI=1S/C23H27N3O/c1-14-11-20-21(12-15(14)2)26-22(25-20)9-10-23(27)24-16(3)18-8-7-17-5-4-6-19(17)13-18/h7-8,11-13,16H,4-6,9-10H2,1-3H3,(H,24,27)(H,25,26). The zero-order chi connectivity index (χ0) is 19.0. The Hall–Kier alpha value is -2.62. The lowest BCUT2D eigenvalue weighted by Crippen LogP contribution is -2.27. The molecule has 140 valence electrons. The van der Waals surface area contributed by atoms with Gasteiger partial charge in [0.15, 0.2) is 0 Å². The van der Waals surface area contributed by atoms with Crippen molar-refractivity contribution in [3.8, 4) is 0 Å². The molecule has 2 aromatic carbocycles. The third-order valence-corrected chi connectivity index (χ3v) is 5.74. The first-order valence-corrected chi connectivity index (χ1v) is 9.86. The number of imidazole rings is 1. The second-order valence-electron chi connectivity index (χ2n) is 7.81. The number of benzene rings is 2. The SMILES string of the molecule is Cc1cc2nc(CCC(=O)NC(C)c3ccc4c(c3)CCC4)[nH]c2cc1C. The van der Waals surface area contributed by atoms with Gasteiger partial charge in [0, 0.05) is 12.8 Å². The third-order valence-electron chi connectivity index (χ3n) is 5.74. The molecule has 3 aromatic rings. The van der Waals surface area contributed by atoms with Crippen molar-refractivity contribution in [3.05, 3.63) is 64.0 Å². The molecule has 0 radical (unpaired) electrons. The number of hydrogen-bond acceptors (Lipinski definition) is 2. The molecular weight excluding hydrogens is 334 g/mol. The van der Waals surface area contributed by atoms with Crippen molar-refractivity contribution in [2.45, 2.75) is 58.9 Å². The lowest BCUT2D eigenvalue weighted by Gasteiger charge is -2.15. The molecule has 1 heterocycles. The topological polar surface area (TPSA) is 57.8 Å². The van der Waals surface area contributed by atoms with Gasteiger partial charge in [0.2, 0.25) is 5.91 Å². The molecule has 1 aromatic heterocycles. The molecule has 4 nitrogen and oxygen atoms in total. The van der Waals surface area contributed by atoms with Crippen molar-refractivity contribution < 1.29 is 4.79 Å². The summed E-state index contributed by atoms with van der Waals surface area (Å²) in [6, 6.07) is 10.9. The smallest absolute Gasteiger partial charge is 0.220 e. The van der Waals surface area contributed by atoms with Gasteiger partial charge in [0.05, 0.1) is 17.1 Å². The number of carbonyl (C=O) groups excluding carboxylic acids is 1. The molecule has 1 unspecified atom stereocenters. The van der Waals surface area contributed by atoms with Crippen LogP contribution in [-0.4, -0.2) is 15.9 Å². The number of amides is 1. The molecule has 2 N–H and O–H groups in total. The summed E-state index contributed by atoms with van der Waals surface area (Å²) in [4.78, 5) is 20.4. The lowest BCUT2D eigenvalue weighted by molar-refractivity contribution is -0.121. The second-order valence-corrected chi connectivity index (χ2v) is 7.81. The van der Waals surface area contributed by atoms with E-state index in [1.807, 2.05) is 0 Å². The maximum atomic E-state index is 12.4. The van der Waals surface area contributed by atoms with E-state index in [-0.39, 0.29) is 11.9 Å². The molecule has 0 saturated heterocycles. The van der Waals surface area contributed by atoms with Crippen molar-refractivity contribution in [2.75, 3.05) is 0 Å². The Kier molecular flexibility index (Phi) is 4.73. The highest BCUT2D eigenvalue weighted by molar-refractivity contribution is 5.78. The number of rotatable bonds is 5. The average Bonchev–Trinajstić information content (AvgIpc) is 3.26. The summed E-state index contributed by atoms with van der Waals surface area (Å²) in [6.07, 6.45) is 4.65. The number of aromatic amines is 1. The Morgan fingerprint density at radius 1 is 1.15 bits per heavy atom. The van der Waals surface area contributed by atoms with Gasteiger partial charge < -0.3 is 10.3 Å². The fourth-order valence-electron chi connectivity index (χ4n) is 3.93. The quantitative estimate of drug-likeness (QED) is 0.704. The van der Waals surface area contributed by atoms with E-state index < -0.39 is 0 Å². The molecule has 4 rings (SSSR count). The number of aromatic nitrogens is 2. The zero-order valence-electron chi connectivity index (χ0n) is 16.4. The van der Waals surface area contributed by atoms with Gasteiger partial charge in [-0.2, -0.15) is 0 Å². The monoisotopic (exact) mass is 361 g/mol. The fraction of sp³-hybridized carbons (Fsp3) is 0.391. The van der Waals surface area contributed by atoms with Gasteiger partial charge >= 0.3 is 0 Å². The minimum atomic E-state index is 0.0318.